The predicted octanol–water partition coefficient (Wildman–Crippen LogP) is 4.49. The molecular formula is C25H33Cl2N3O5S. The summed E-state index contributed by atoms with van der Waals surface area (Å²) in [5.74, 6) is -0.212. The maximum atomic E-state index is 13.7. The third kappa shape index (κ3) is 8.01. The number of ether oxygens (including phenoxy) is 1. The summed E-state index contributed by atoms with van der Waals surface area (Å²) in [5.41, 5.74) is 0.840. The van der Waals surface area contributed by atoms with Crippen molar-refractivity contribution in [2.75, 3.05) is 24.2 Å². The molecule has 0 aliphatic carbocycles. The molecule has 0 aromatic heterocycles. The van der Waals surface area contributed by atoms with Crippen molar-refractivity contribution in [3.05, 3.63) is 58.1 Å². The number of rotatable bonds is 12. The van der Waals surface area contributed by atoms with E-state index in [1.165, 1.54) is 23.1 Å². The lowest BCUT2D eigenvalue weighted by molar-refractivity contribution is -0.140. The van der Waals surface area contributed by atoms with Crippen LogP contribution in [0.1, 0.15) is 39.2 Å². The molecule has 36 heavy (non-hydrogen) atoms. The average molecular weight is 559 g/mol. The van der Waals surface area contributed by atoms with Crippen LogP contribution in [0.2, 0.25) is 10.0 Å². The molecule has 2 aromatic rings. The Morgan fingerprint density at radius 1 is 1.06 bits per heavy atom. The first kappa shape index (κ1) is 29.7. The van der Waals surface area contributed by atoms with Gasteiger partial charge in [-0.1, -0.05) is 49.2 Å². The molecule has 2 rings (SSSR count). The Kier molecular flexibility index (Phi) is 10.9. The maximum absolute atomic E-state index is 13.7. The van der Waals surface area contributed by atoms with Crippen LogP contribution in [0.3, 0.4) is 0 Å². The van der Waals surface area contributed by atoms with Crippen molar-refractivity contribution in [2.24, 2.45) is 0 Å². The fraction of sp³-hybridized carbons (Fsp3) is 0.440. The SMILES string of the molecule is CC[C@H](C)NC(=O)[C@H](CC)N(Cc1ccc(OC)cc1)C(=O)CN(c1cc(Cl)ccc1Cl)S(C)(=O)=O. The number of halogens is 2. The summed E-state index contributed by atoms with van der Waals surface area (Å²) in [6.45, 7) is 5.17. The number of hydrogen-bond acceptors (Lipinski definition) is 5. The number of amides is 2. The highest BCUT2D eigenvalue weighted by molar-refractivity contribution is 7.92. The van der Waals surface area contributed by atoms with Gasteiger partial charge < -0.3 is 15.0 Å². The summed E-state index contributed by atoms with van der Waals surface area (Å²) >= 11 is 12.3. The zero-order valence-corrected chi connectivity index (χ0v) is 23.5. The summed E-state index contributed by atoms with van der Waals surface area (Å²) in [6, 6.07) is 10.6. The van der Waals surface area contributed by atoms with E-state index in [1.807, 2.05) is 13.8 Å². The summed E-state index contributed by atoms with van der Waals surface area (Å²) < 4.78 is 31.5. The highest BCUT2D eigenvalue weighted by Crippen LogP contribution is 2.31. The molecule has 2 atom stereocenters. The molecule has 2 aromatic carbocycles. The first-order valence-electron chi connectivity index (χ1n) is 11.6. The van der Waals surface area contributed by atoms with Gasteiger partial charge >= 0.3 is 0 Å². The molecule has 1 N–H and O–H groups in total. The number of nitrogens with one attached hydrogen (secondary N) is 1. The van der Waals surface area contributed by atoms with Gasteiger partial charge in [-0.2, -0.15) is 0 Å². The van der Waals surface area contributed by atoms with Gasteiger partial charge in [0.15, 0.2) is 0 Å². The molecule has 0 heterocycles. The molecule has 0 saturated heterocycles. The quantitative estimate of drug-likeness (QED) is 0.414. The maximum Gasteiger partial charge on any atom is 0.244 e. The Balaban J connectivity index is 2.48. The molecule has 0 saturated carbocycles. The average Bonchev–Trinajstić information content (AvgIpc) is 2.83. The van der Waals surface area contributed by atoms with Crippen LogP contribution in [-0.2, 0) is 26.2 Å². The summed E-state index contributed by atoms with van der Waals surface area (Å²) in [7, 11) is -2.36. The Morgan fingerprint density at radius 3 is 2.22 bits per heavy atom. The summed E-state index contributed by atoms with van der Waals surface area (Å²) in [5, 5.41) is 3.32. The van der Waals surface area contributed by atoms with Gasteiger partial charge in [-0.25, -0.2) is 8.42 Å². The molecule has 0 fully saturated rings. The van der Waals surface area contributed by atoms with E-state index in [0.717, 1.165) is 22.5 Å². The normalized spacial score (nSPS) is 13.0. The van der Waals surface area contributed by atoms with Crippen molar-refractivity contribution in [1.82, 2.24) is 10.2 Å². The minimum atomic E-state index is -3.92. The summed E-state index contributed by atoms with van der Waals surface area (Å²) in [6.07, 6.45) is 2.04. The molecule has 0 unspecified atom stereocenters. The van der Waals surface area contributed by atoms with E-state index in [2.05, 4.69) is 5.32 Å². The molecule has 11 heteroatoms. The van der Waals surface area contributed by atoms with Crippen molar-refractivity contribution < 1.29 is 22.7 Å². The monoisotopic (exact) mass is 557 g/mol. The number of nitrogens with zero attached hydrogens (tertiary/aromatic N) is 2. The topological polar surface area (TPSA) is 96.0 Å². The van der Waals surface area contributed by atoms with Crippen molar-refractivity contribution in [2.45, 2.75) is 52.2 Å². The second-order valence-corrected chi connectivity index (χ2v) is 11.2. The van der Waals surface area contributed by atoms with Crippen LogP contribution in [0.15, 0.2) is 42.5 Å². The predicted molar refractivity (Wildman–Crippen MR) is 144 cm³/mol. The number of anilines is 1. The van der Waals surface area contributed by atoms with Gasteiger partial charge in [-0.05, 0) is 55.7 Å². The van der Waals surface area contributed by atoms with E-state index < -0.39 is 28.5 Å². The molecule has 0 radical (unpaired) electrons. The van der Waals surface area contributed by atoms with Crippen LogP contribution in [0, 0.1) is 0 Å². The van der Waals surface area contributed by atoms with Crippen LogP contribution < -0.4 is 14.4 Å². The lowest BCUT2D eigenvalue weighted by atomic mass is 10.1. The molecule has 198 valence electrons. The minimum Gasteiger partial charge on any atom is -0.497 e. The van der Waals surface area contributed by atoms with Crippen molar-refractivity contribution in [1.29, 1.82) is 0 Å². The smallest absolute Gasteiger partial charge is 0.244 e. The second kappa shape index (κ2) is 13.2. The number of carbonyl (C=O) groups is 2. The lowest BCUT2D eigenvalue weighted by Gasteiger charge is -2.33. The molecule has 0 aliphatic heterocycles. The van der Waals surface area contributed by atoms with Crippen LogP contribution in [0.4, 0.5) is 5.69 Å². The first-order valence-corrected chi connectivity index (χ1v) is 14.2. The molecule has 2 amide bonds. The number of hydrogen-bond donors (Lipinski definition) is 1. The van der Waals surface area contributed by atoms with Crippen molar-refractivity contribution in [3.8, 4) is 5.75 Å². The van der Waals surface area contributed by atoms with Crippen molar-refractivity contribution in [3.63, 3.8) is 0 Å². The van der Waals surface area contributed by atoms with Crippen LogP contribution >= 0.6 is 23.2 Å². The third-order valence-corrected chi connectivity index (χ3v) is 7.44. The van der Waals surface area contributed by atoms with E-state index >= 15 is 0 Å². The summed E-state index contributed by atoms with van der Waals surface area (Å²) in [4.78, 5) is 28.2. The zero-order chi connectivity index (χ0) is 27.0. The number of methoxy groups -OCH3 is 1. The molecule has 0 aliphatic rings. The number of sulfonamides is 1. The van der Waals surface area contributed by atoms with Gasteiger partial charge in [0.25, 0.3) is 0 Å². The first-order chi connectivity index (χ1) is 16.9. The van der Waals surface area contributed by atoms with E-state index in [0.29, 0.717) is 12.2 Å². The van der Waals surface area contributed by atoms with E-state index in [9.17, 15) is 18.0 Å². The largest absolute Gasteiger partial charge is 0.497 e. The number of carbonyl (C=O) groups excluding carboxylic acids is 2. The van der Waals surface area contributed by atoms with Crippen LogP contribution in [-0.4, -0.2) is 57.1 Å². The van der Waals surface area contributed by atoms with E-state index in [-0.39, 0.29) is 34.2 Å². The highest BCUT2D eigenvalue weighted by Gasteiger charge is 2.32. The Hall–Kier alpha value is -2.49. The zero-order valence-electron chi connectivity index (χ0n) is 21.1. The van der Waals surface area contributed by atoms with E-state index in [4.69, 9.17) is 27.9 Å². The van der Waals surface area contributed by atoms with Crippen molar-refractivity contribution >= 4 is 50.7 Å². The molecule has 0 spiro atoms. The van der Waals surface area contributed by atoms with Gasteiger partial charge in [0.05, 0.1) is 24.1 Å². The second-order valence-electron chi connectivity index (χ2n) is 8.48. The van der Waals surface area contributed by atoms with Crippen LogP contribution in [0.5, 0.6) is 5.75 Å². The van der Waals surface area contributed by atoms with E-state index in [1.54, 1.807) is 38.3 Å². The lowest BCUT2D eigenvalue weighted by Crippen LogP contribution is -2.53. The molecule has 8 nitrogen and oxygen atoms in total. The minimum absolute atomic E-state index is 0.0812. The van der Waals surface area contributed by atoms with Gasteiger partial charge in [0, 0.05) is 17.6 Å². The van der Waals surface area contributed by atoms with Gasteiger partial charge in [-0.15, -0.1) is 0 Å². The Labute approximate surface area is 223 Å². The third-order valence-electron chi connectivity index (χ3n) is 5.75. The molecule has 0 bridgehead atoms. The van der Waals surface area contributed by atoms with Gasteiger partial charge in [0.2, 0.25) is 21.8 Å². The fourth-order valence-electron chi connectivity index (χ4n) is 3.56. The fourth-order valence-corrected chi connectivity index (χ4v) is 4.85. The van der Waals surface area contributed by atoms with Gasteiger partial charge in [0.1, 0.15) is 18.3 Å². The van der Waals surface area contributed by atoms with Gasteiger partial charge in [-0.3, -0.25) is 13.9 Å². The standard InChI is InChI=1S/C25H33Cl2N3O5S/c1-6-17(3)28-25(32)22(7-2)29(15-18-8-11-20(35-4)12-9-18)24(31)16-30(36(5,33)34)23-14-19(26)10-13-21(23)27/h8-14,17,22H,6-7,15-16H2,1-5H3,(H,28,32)/t17-,22-/m0/s1. The Morgan fingerprint density at radius 2 is 1.69 bits per heavy atom. The Bertz CT molecular complexity index is 1160. The molecular weight excluding hydrogens is 525 g/mol. The van der Waals surface area contributed by atoms with Crippen LogP contribution in [0.25, 0.3) is 0 Å². The number of benzene rings is 2. The highest BCUT2D eigenvalue weighted by atomic mass is 35.5.